The van der Waals surface area contributed by atoms with Crippen LogP contribution in [0.2, 0.25) is 0 Å². The van der Waals surface area contributed by atoms with E-state index in [0.29, 0.717) is 24.7 Å². The number of para-hydroxylation sites is 1. The van der Waals surface area contributed by atoms with Crippen LogP contribution in [-0.2, 0) is 11.3 Å². The fraction of sp³-hybridized carbons (Fsp3) is 0.500. The molecule has 0 bridgehead atoms. The number of rotatable bonds is 5. The summed E-state index contributed by atoms with van der Waals surface area (Å²) in [6, 6.07) is 7.64. The molecule has 1 saturated heterocycles. The maximum absolute atomic E-state index is 12.8. The van der Waals surface area contributed by atoms with Gasteiger partial charge in [-0.15, -0.1) is 5.10 Å². The molecule has 2 aromatic heterocycles. The summed E-state index contributed by atoms with van der Waals surface area (Å²) in [4.78, 5) is 19.1. The lowest BCUT2D eigenvalue weighted by Crippen LogP contribution is -2.31. The van der Waals surface area contributed by atoms with Gasteiger partial charge in [-0.1, -0.05) is 36.4 Å². The van der Waals surface area contributed by atoms with Crippen LogP contribution in [0.1, 0.15) is 56.8 Å². The minimum Gasteiger partial charge on any atom is -0.337 e. The van der Waals surface area contributed by atoms with Crippen molar-refractivity contribution in [1.82, 2.24) is 30.0 Å². The molecule has 26 heavy (non-hydrogen) atoms. The number of fused-ring (bicyclic) bond motifs is 1. The lowest BCUT2D eigenvalue weighted by atomic mass is 10.2. The molecule has 0 N–H and O–H groups in total. The zero-order valence-electron chi connectivity index (χ0n) is 15.0. The van der Waals surface area contributed by atoms with Crippen LogP contribution in [-0.4, -0.2) is 42.5 Å². The molecule has 3 heterocycles. The van der Waals surface area contributed by atoms with Crippen LogP contribution in [0.15, 0.2) is 28.8 Å². The van der Waals surface area contributed by atoms with Crippen LogP contribution in [0, 0.1) is 0 Å². The van der Waals surface area contributed by atoms with E-state index in [0.717, 1.165) is 30.4 Å². The Kier molecular flexibility index (Phi) is 4.40. The molecule has 0 spiro atoms. The lowest BCUT2D eigenvalue weighted by molar-refractivity contribution is -0.132. The van der Waals surface area contributed by atoms with Crippen molar-refractivity contribution in [2.45, 2.75) is 51.6 Å². The van der Waals surface area contributed by atoms with E-state index in [1.54, 1.807) is 4.68 Å². The van der Waals surface area contributed by atoms with Gasteiger partial charge < -0.3 is 9.42 Å². The van der Waals surface area contributed by atoms with E-state index in [2.05, 4.69) is 20.5 Å². The Bertz CT molecular complexity index is 915. The van der Waals surface area contributed by atoms with Crippen molar-refractivity contribution in [3.63, 3.8) is 0 Å². The number of aryl methyl sites for hydroxylation is 1. The van der Waals surface area contributed by atoms with Gasteiger partial charge in [-0.05, 0) is 25.0 Å². The predicted molar refractivity (Wildman–Crippen MR) is 94.2 cm³/mol. The SMILES string of the molecule is CC(C)c1noc(C2CCCN2C(=O)CCn2nnc3ccccc32)n1. The fourth-order valence-electron chi connectivity index (χ4n) is 3.37. The highest BCUT2D eigenvalue weighted by molar-refractivity contribution is 5.77. The molecule has 8 nitrogen and oxygen atoms in total. The van der Waals surface area contributed by atoms with Crippen molar-refractivity contribution < 1.29 is 9.32 Å². The van der Waals surface area contributed by atoms with Gasteiger partial charge in [-0.2, -0.15) is 4.98 Å². The minimum atomic E-state index is -0.116. The number of hydrogen-bond donors (Lipinski definition) is 0. The summed E-state index contributed by atoms with van der Waals surface area (Å²) in [7, 11) is 0. The smallest absolute Gasteiger partial charge is 0.249 e. The van der Waals surface area contributed by atoms with Crippen molar-refractivity contribution in [2.75, 3.05) is 6.54 Å². The normalized spacial score (nSPS) is 17.5. The van der Waals surface area contributed by atoms with Crippen molar-refractivity contribution >= 4 is 16.9 Å². The van der Waals surface area contributed by atoms with E-state index in [-0.39, 0.29) is 17.9 Å². The molecular weight excluding hydrogens is 332 g/mol. The van der Waals surface area contributed by atoms with Crippen LogP contribution in [0.5, 0.6) is 0 Å². The maximum atomic E-state index is 12.8. The van der Waals surface area contributed by atoms with E-state index in [1.807, 2.05) is 43.0 Å². The molecule has 4 rings (SSSR count). The number of aromatic nitrogens is 5. The third kappa shape index (κ3) is 3.07. The zero-order valence-corrected chi connectivity index (χ0v) is 15.0. The first-order chi connectivity index (χ1) is 12.6. The molecule has 1 fully saturated rings. The average molecular weight is 354 g/mol. The Labute approximate surface area is 151 Å². The Morgan fingerprint density at radius 3 is 3.00 bits per heavy atom. The quantitative estimate of drug-likeness (QED) is 0.700. The van der Waals surface area contributed by atoms with Crippen LogP contribution >= 0.6 is 0 Å². The van der Waals surface area contributed by atoms with Gasteiger partial charge in [-0.25, -0.2) is 4.68 Å². The van der Waals surface area contributed by atoms with E-state index in [9.17, 15) is 4.79 Å². The van der Waals surface area contributed by atoms with Gasteiger partial charge in [0.1, 0.15) is 11.6 Å². The van der Waals surface area contributed by atoms with Crippen LogP contribution < -0.4 is 0 Å². The highest BCUT2D eigenvalue weighted by atomic mass is 16.5. The highest BCUT2D eigenvalue weighted by Crippen LogP contribution is 2.32. The molecule has 136 valence electrons. The standard InChI is InChI=1S/C18H22N6O2/c1-12(2)17-19-18(26-21-17)15-8-5-10-23(15)16(25)9-11-24-14-7-4-3-6-13(14)20-22-24/h3-4,6-7,12,15H,5,8-11H2,1-2H3. The Hall–Kier alpha value is -2.77. The molecule has 0 aliphatic carbocycles. The van der Waals surface area contributed by atoms with Gasteiger partial charge in [0.15, 0.2) is 5.82 Å². The molecule has 3 aromatic rings. The van der Waals surface area contributed by atoms with E-state index in [4.69, 9.17) is 4.52 Å². The second-order valence-corrected chi connectivity index (χ2v) is 6.94. The molecule has 0 saturated carbocycles. The molecule has 8 heteroatoms. The Morgan fingerprint density at radius 2 is 2.19 bits per heavy atom. The number of likely N-dealkylation sites (tertiary alicyclic amines) is 1. The molecule has 1 aromatic carbocycles. The second kappa shape index (κ2) is 6.86. The third-order valence-corrected chi connectivity index (χ3v) is 4.79. The molecule has 1 amide bonds. The number of carbonyl (C=O) groups excluding carboxylic acids is 1. The summed E-state index contributed by atoms with van der Waals surface area (Å²) in [6.45, 7) is 5.27. The fourth-order valence-corrected chi connectivity index (χ4v) is 3.37. The summed E-state index contributed by atoms with van der Waals surface area (Å²) < 4.78 is 7.20. The average Bonchev–Trinajstić information content (AvgIpc) is 3.37. The second-order valence-electron chi connectivity index (χ2n) is 6.94. The Morgan fingerprint density at radius 1 is 1.35 bits per heavy atom. The summed E-state index contributed by atoms with van der Waals surface area (Å²) in [5.41, 5.74) is 1.78. The largest absolute Gasteiger partial charge is 0.337 e. The monoisotopic (exact) mass is 354 g/mol. The molecule has 1 aliphatic heterocycles. The summed E-state index contributed by atoms with van der Waals surface area (Å²) >= 11 is 0. The van der Waals surface area contributed by atoms with Crippen molar-refractivity contribution in [2.24, 2.45) is 0 Å². The van der Waals surface area contributed by atoms with Crippen LogP contribution in [0.4, 0.5) is 0 Å². The summed E-state index contributed by atoms with van der Waals surface area (Å²) in [6.07, 6.45) is 2.18. The summed E-state index contributed by atoms with van der Waals surface area (Å²) in [5, 5.41) is 12.3. The van der Waals surface area contributed by atoms with Crippen molar-refractivity contribution in [1.29, 1.82) is 0 Å². The van der Waals surface area contributed by atoms with Gasteiger partial charge in [0.2, 0.25) is 11.8 Å². The van der Waals surface area contributed by atoms with Gasteiger partial charge >= 0.3 is 0 Å². The van der Waals surface area contributed by atoms with E-state index in [1.165, 1.54) is 0 Å². The number of carbonyl (C=O) groups is 1. The number of amides is 1. The van der Waals surface area contributed by atoms with Crippen molar-refractivity contribution in [3.8, 4) is 0 Å². The first-order valence-corrected chi connectivity index (χ1v) is 9.04. The van der Waals surface area contributed by atoms with E-state index < -0.39 is 0 Å². The first-order valence-electron chi connectivity index (χ1n) is 9.04. The first kappa shape index (κ1) is 16.7. The topological polar surface area (TPSA) is 89.9 Å². The van der Waals surface area contributed by atoms with Gasteiger partial charge in [-0.3, -0.25) is 4.79 Å². The van der Waals surface area contributed by atoms with Gasteiger partial charge in [0.05, 0.1) is 12.1 Å². The zero-order chi connectivity index (χ0) is 18.1. The molecule has 0 radical (unpaired) electrons. The molecular formula is C18H22N6O2. The third-order valence-electron chi connectivity index (χ3n) is 4.79. The number of hydrogen-bond acceptors (Lipinski definition) is 6. The molecule has 1 unspecified atom stereocenters. The van der Waals surface area contributed by atoms with Gasteiger partial charge in [0, 0.05) is 18.9 Å². The molecule has 1 atom stereocenters. The van der Waals surface area contributed by atoms with E-state index >= 15 is 0 Å². The minimum absolute atomic E-state index is 0.0800. The predicted octanol–water partition coefficient (Wildman–Crippen LogP) is 2.69. The Balaban J connectivity index is 1.45. The maximum Gasteiger partial charge on any atom is 0.249 e. The van der Waals surface area contributed by atoms with Gasteiger partial charge in [0.25, 0.3) is 0 Å². The number of benzene rings is 1. The lowest BCUT2D eigenvalue weighted by Gasteiger charge is -2.21. The van der Waals surface area contributed by atoms with Crippen LogP contribution in [0.25, 0.3) is 11.0 Å². The highest BCUT2D eigenvalue weighted by Gasteiger charge is 2.34. The number of nitrogens with zero attached hydrogens (tertiary/aromatic N) is 6. The van der Waals surface area contributed by atoms with Crippen molar-refractivity contribution in [3.05, 3.63) is 36.0 Å². The summed E-state index contributed by atoms with van der Waals surface area (Å²) in [5.74, 6) is 1.52. The van der Waals surface area contributed by atoms with Crippen LogP contribution in [0.3, 0.4) is 0 Å². The molecule has 1 aliphatic rings.